The van der Waals surface area contributed by atoms with Crippen molar-refractivity contribution >= 4 is 0 Å². The van der Waals surface area contributed by atoms with Crippen molar-refractivity contribution in [1.29, 1.82) is 0 Å². The lowest BCUT2D eigenvalue weighted by molar-refractivity contribution is -0.284. The van der Waals surface area contributed by atoms with E-state index in [1.54, 1.807) is 12.1 Å². The van der Waals surface area contributed by atoms with Crippen molar-refractivity contribution in [1.82, 2.24) is 0 Å². The molecule has 0 aliphatic carbocycles. The number of aliphatic hydroxyl groups is 4. The Bertz CT molecular complexity index is 936. The first-order valence-corrected chi connectivity index (χ1v) is 11.1. The molecule has 0 amide bonds. The fraction of sp³-hybridized carbons (Fsp3) is 0.500. The first-order chi connectivity index (χ1) is 16.1. The maximum absolute atomic E-state index is 10.6. The Kier molecular flexibility index (Phi) is 8.95. The topological polar surface area (TPSA) is 180 Å². The van der Waals surface area contributed by atoms with E-state index in [9.17, 15) is 40.9 Å². The molecule has 2 unspecified atom stereocenters. The Morgan fingerprint density at radius 3 is 1.91 bits per heavy atom. The first-order valence-electron chi connectivity index (χ1n) is 11.1. The number of aromatic hydroxyl groups is 4. The monoisotopic (exact) mass is 480 g/mol. The molecule has 188 valence electrons. The van der Waals surface area contributed by atoms with Gasteiger partial charge in [0.05, 0.1) is 18.8 Å². The van der Waals surface area contributed by atoms with Gasteiger partial charge in [0.1, 0.15) is 18.3 Å². The van der Waals surface area contributed by atoms with Crippen LogP contribution in [-0.4, -0.2) is 84.3 Å². The van der Waals surface area contributed by atoms with Gasteiger partial charge in [-0.2, -0.15) is 0 Å². The fourth-order valence-electron chi connectivity index (χ4n) is 3.86. The van der Waals surface area contributed by atoms with Gasteiger partial charge >= 0.3 is 0 Å². The second-order valence-electron chi connectivity index (χ2n) is 8.62. The molecule has 6 atom stereocenters. The number of hydrogen-bond donors (Lipinski definition) is 8. The maximum Gasteiger partial charge on any atom is 0.186 e. The quantitative estimate of drug-likeness (QED) is 0.225. The Balaban J connectivity index is 1.63. The lowest BCUT2D eigenvalue weighted by atomic mass is 9.98. The van der Waals surface area contributed by atoms with Crippen LogP contribution in [0.15, 0.2) is 36.4 Å². The summed E-state index contributed by atoms with van der Waals surface area (Å²) in [4.78, 5) is 0. The lowest BCUT2D eigenvalue weighted by Crippen LogP contribution is -2.54. The van der Waals surface area contributed by atoms with E-state index in [0.717, 1.165) is 11.1 Å². The predicted octanol–water partition coefficient (Wildman–Crippen LogP) is 0.650. The summed E-state index contributed by atoms with van der Waals surface area (Å²) in [6, 6.07) is 8.88. The number of phenolic OH excluding ortho intramolecular Hbond substituents is 4. The normalized spacial score (nSPS) is 24.6. The van der Waals surface area contributed by atoms with Crippen LogP contribution in [0, 0.1) is 0 Å². The SMILES string of the molecule is Oc1ccc(CCC(O)CC(CCc2ccc(O)c(O)c2)O[C@@H]2OC[C@@H](O)[C@H](O)[C@H]2O)cc1O. The molecule has 2 aromatic rings. The van der Waals surface area contributed by atoms with Crippen LogP contribution < -0.4 is 0 Å². The molecule has 1 aliphatic heterocycles. The molecular formula is C24H32O10. The van der Waals surface area contributed by atoms with E-state index in [1.165, 1.54) is 24.3 Å². The minimum atomic E-state index is -1.47. The minimum absolute atomic E-state index is 0.166. The molecule has 1 aliphatic rings. The second-order valence-corrected chi connectivity index (χ2v) is 8.62. The highest BCUT2D eigenvalue weighted by Crippen LogP contribution is 2.28. The zero-order valence-corrected chi connectivity index (χ0v) is 18.6. The fourth-order valence-corrected chi connectivity index (χ4v) is 3.86. The molecular weight excluding hydrogens is 448 g/mol. The standard InChI is InChI=1S/C24H32O10/c25-15(5-1-13-3-7-17(26)19(28)9-13)11-16(6-2-14-4-8-18(27)20(29)10-14)34-24-23(32)22(31)21(30)12-33-24/h3-4,7-10,15-16,21-32H,1-2,5-6,11-12H2/t15?,16?,21-,22+,23-,24+/m1/s1. The number of rotatable bonds is 10. The van der Waals surface area contributed by atoms with Gasteiger partial charge < -0.3 is 50.3 Å². The van der Waals surface area contributed by atoms with Crippen LogP contribution in [0.3, 0.4) is 0 Å². The van der Waals surface area contributed by atoms with Crippen molar-refractivity contribution in [2.45, 2.75) is 68.9 Å². The van der Waals surface area contributed by atoms with Gasteiger partial charge in [-0.15, -0.1) is 0 Å². The van der Waals surface area contributed by atoms with Crippen LogP contribution in [0.1, 0.15) is 30.4 Å². The zero-order valence-electron chi connectivity index (χ0n) is 18.6. The van der Waals surface area contributed by atoms with Crippen molar-refractivity contribution < 1.29 is 50.3 Å². The Morgan fingerprint density at radius 2 is 1.35 bits per heavy atom. The average Bonchev–Trinajstić information content (AvgIpc) is 2.80. The predicted molar refractivity (Wildman–Crippen MR) is 119 cm³/mol. The molecule has 0 bridgehead atoms. The highest BCUT2D eigenvalue weighted by molar-refractivity contribution is 5.41. The number of aliphatic hydroxyl groups excluding tert-OH is 4. The van der Waals surface area contributed by atoms with Crippen LogP contribution in [0.25, 0.3) is 0 Å². The third-order valence-corrected chi connectivity index (χ3v) is 5.92. The number of aryl methyl sites for hydroxylation is 2. The summed E-state index contributed by atoms with van der Waals surface area (Å²) in [5.41, 5.74) is 1.45. The first kappa shape index (κ1) is 26.0. The van der Waals surface area contributed by atoms with Gasteiger partial charge in [0.25, 0.3) is 0 Å². The van der Waals surface area contributed by atoms with Crippen molar-refractivity contribution in [3.8, 4) is 23.0 Å². The lowest BCUT2D eigenvalue weighted by Gasteiger charge is -2.37. The number of benzene rings is 2. The van der Waals surface area contributed by atoms with Crippen molar-refractivity contribution in [3.05, 3.63) is 47.5 Å². The van der Waals surface area contributed by atoms with E-state index < -0.39 is 36.8 Å². The van der Waals surface area contributed by atoms with E-state index in [4.69, 9.17) is 9.47 Å². The van der Waals surface area contributed by atoms with E-state index >= 15 is 0 Å². The molecule has 34 heavy (non-hydrogen) atoms. The molecule has 10 heteroatoms. The molecule has 0 saturated carbocycles. The van der Waals surface area contributed by atoms with Gasteiger partial charge in [-0.1, -0.05) is 12.1 Å². The van der Waals surface area contributed by atoms with Crippen LogP contribution in [0.5, 0.6) is 23.0 Å². The van der Waals surface area contributed by atoms with Crippen molar-refractivity contribution in [2.75, 3.05) is 6.61 Å². The maximum atomic E-state index is 10.6. The van der Waals surface area contributed by atoms with Gasteiger partial charge in [0.15, 0.2) is 29.3 Å². The Hall–Kier alpha value is -2.60. The van der Waals surface area contributed by atoms with Gasteiger partial charge in [0.2, 0.25) is 0 Å². The zero-order chi connectivity index (χ0) is 24.8. The van der Waals surface area contributed by atoms with Crippen LogP contribution in [0.4, 0.5) is 0 Å². The average molecular weight is 481 g/mol. The summed E-state index contributed by atoms with van der Waals surface area (Å²) in [5, 5.41) is 78.7. The largest absolute Gasteiger partial charge is 0.504 e. The van der Waals surface area contributed by atoms with Crippen LogP contribution in [0.2, 0.25) is 0 Å². The van der Waals surface area contributed by atoms with Crippen LogP contribution in [-0.2, 0) is 22.3 Å². The molecule has 10 nitrogen and oxygen atoms in total. The van der Waals surface area contributed by atoms with Gasteiger partial charge in [-0.25, -0.2) is 0 Å². The Morgan fingerprint density at radius 1 is 0.794 bits per heavy atom. The number of ether oxygens (including phenoxy) is 2. The molecule has 1 saturated heterocycles. The highest BCUT2D eigenvalue weighted by Gasteiger charge is 2.39. The van der Waals surface area contributed by atoms with Gasteiger partial charge in [0, 0.05) is 0 Å². The third-order valence-electron chi connectivity index (χ3n) is 5.92. The second kappa shape index (κ2) is 11.7. The van der Waals surface area contributed by atoms with E-state index in [2.05, 4.69) is 0 Å². The van der Waals surface area contributed by atoms with E-state index in [0.29, 0.717) is 25.7 Å². The summed E-state index contributed by atoms with van der Waals surface area (Å²) in [5.74, 6) is -0.959. The molecule has 1 fully saturated rings. The molecule has 0 aromatic heterocycles. The number of phenols is 4. The summed E-state index contributed by atoms with van der Waals surface area (Å²) < 4.78 is 11.2. The molecule has 1 heterocycles. The molecule has 3 rings (SSSR count). The summed E-state index contributed by atoms with van der Waals surface area (Å²) in [6.07, 6.45) is -5.04. The van der Waals surface area contributed by atoms with Gasteiger partial charge in [-0.3, -0.25) is 0 Å². The van der Waals surface area contributed by atoms with Crippen molar-refractivity contribution in [2.24, 2.45) is 0 Å². The van der Waals surface area contributed by atoms with E-state index in [1.807, 2.05) is 0 Å². The molecule has 0 radical (unpaired) electrons. The van der Waals surface area contributed by atoms with Crippen molar-refractivity contribution in [3.63, 3.8) is 0 Å². The summed E-state index contributed by atoms with van der Waals surface area (Å²) in [6.45, 7) is -0.214. The molecule has 8 N–H and O–H groups in total. The Labute approximate surface area is 196 Å². The minimum Gasteiger partial charge on any atom is -0.504 e. The number of hydrogen-bond acceptors (Lipinski definition) is 10. The smallest absolute Gasteiger partial charge is 0.186 e. The highest BCUT2D eigenvalue weighted by atomic mass is 16.7. The molecule has 2 aromatic carbocycles. The summed E-state index contributed by atoms with van der Waals surface area (Å²) >= 11 is 0. The van der Waals surface area contributed by atoms with Crippen LogP contribution >= 0.6 is 0 Å². The molecule has 0 spiro atoms. The van der Waals surface area contributed by atoms with E-state index in [-0.39, 0.29) is 36.0 Å². The summed E-state index contributed by atoms with van der Waals surface area (Å²) in [7, 11) is 0. The third kappa shape index (κ3) is 6.95. The van der Waals surface area contributed by atoms with Gasteiger partial charge in [-0.05, 0) is 67.5 Å².